The summed E-state index contributed by atoms with van der Waals surface area (Å²) in [5, 5.41) is 10.9. The van der Waals surface area contributed by atoms with E-state index in [1.807, 2.05) is 19.9 Å². The Hall–Kier alpha value is -1.82. The number of nitrogens with zero attached hydrogens (tertiary/aromatic N) is 2. The maximum absolute atomic E-state index is 12.9. The minimum absolute atomic E-state index is 0.235. The van der Waals surface area contributed by atoms with E-state index in [1.165, 1.54) is 6.07 Å². The molecule has 0 amide bonds. The molecule has 1 aromatic heterocycles. The molecule has 0 atom stereocenters. The zero-order chi connectivity index (χ0) is 17.5. The molecule has 1 saturated heterocycles. The van der Waals surface area contributed by atoms with Gasteiger partial charge in [0.2, 0.25) is 0 Å². The van der Waals surface area contributed by atoms with Crippen molar-refractivity contribution in [2.75, 3.05) is 18.0 Å². The Morgan fingerprint density at radius 2 is 1.79 bits per heavy atom. The second-order valence-corrected chi connectivity index (χ2v) is 6.97. The number of piperidine rings is 1. The van der Waals surface area contributed by atoms with Crippen LogP contribution in [0, 0.1) is 5.92 Å². The lowest BCUT2D eigenvalue weighted by atomic mass is 9.83. The van der Waals surface area contributed by atoms with Gasteiger partial charge in [0.05, 0.1) is 16.7 Å². The van der Waals surface area contributed by atoms with E-state index in [4.69, 9.17) is 0 Å². The monoisotopic (exact) mass is 338 g/mol. The third kappa shape index (κ3) is 3.34. The van der Waals surface area contributed by atoms with Gasteiger partial charge in [0.15, 0.2) is 0 Å². The highest BCUT2D eigenvalue weighted by molar-refractivity contribution is 5.92. The van der Waals surface area contributed by atoms with Gasteiger partial charge in [-0.2, -0.15) is 13.2 Å². The van der Waals surface area contributed by atoms with Crippen LogP contribution in [0.5, 0.6) is 0 Å². The van der Waals surface area contributed by atoms with Gasteiger partial charge in [0, 0.05) is 30.4 Å². The maximum atomic E-state index is 12.9. The van der Waals surface area contributed by atoms with Crippen LogP contribution in [-0.2, 0) is 6.18 Å². The number of fused-ring (bicyclic) bond motifs is 1. The largest absolute Gasteiger partial charge is 0.416 e. The molecule has 130 valence electrons. The summed E-state index contributed by atoms with van der Waals surface area (Å²) in [5.74, 6) is 0.235. The smallest absolute Gasteiger partial charge is 0.390 e. The molecule has 1 aliphatic rings. The fourth-order valence-electron chi connectivity index (χ4n) is 3.41. The molecule has 1 aliphatic heterocycles. The first-order valence-corrected chi connectivity index (χ1v) is 8.09. The highest BCUT2D eigenvalue weighted by Gasteiger charge is 2.32. The number of hydrogen-bond acceptors (Lipinski definition) is 3. The molecule has 6 heteroatoms. The Labute approximate surface area is 139 Å². The number of anilines is 1. The van der Waals surface area contributed by atoms with Gasteiger partial charge in [-0.25, -0.2) is 0 Å². The van der Waals surface area contributed by atoms with Crippen molar-refractivity contribution in [3.63, 3.8) is 0 Å². The molecule has 0 aliphatic carbocycles. The molecule has 2 aromatic rings. The molecule has 1 fully saturated rings. The lowest BCUT2D eigenvalue weighted by Crippen LogP contribution is -2.42. The van der Waals surface area contributed by atoms with Crippen LogP contribution in [0.4, 0.5) is 18.9 Å². The molecule has 1 aromatic carbocycles. The molecule has 24 heavy (non-hydrogen) atoms. The lowest BCUT2D eigenvalue weighted by Gasteiger charge is -2.39. The van der Waals surface area contributed by atoms with Crippen LogP contribution in [0.15, 0.2) is 30.5 Å². The second-order valence-electron chi connectivity index (χ2n) is 6.97. The molecular formula is C18H21F3N2O. The molecule has 0 bridgehead atoms. The average Bonchev–Trinajstić information content (AvgIpc) is 2.52. The number of aliphatic hydroxyl groups is 1. The van der Waals surface area contributed by atoms with Crippen LogP contribution in [0.2, 0.25) is 0 Å². The fourth-order valence-corrected chi connectivity index (χ4v) is 3.41. The van der Waals surface area contributed by atoms with Gasteiger partial charge in [-0.1, -0.05) is 6.07 Å². The summed E-state index contributed by atoms with van der Waals surface area (Å²) in [6.07, 6.45) is -1.10. The number of alkyl halides is 3. The topological polar surface area (TPSA) is 36.4 Å². The quantitative estimate of drug-likeness (QED) is 0.890. The normalized spacial score (nSPS) is 17.5. The van der Waals surface area contributed by atoms with Crippen molar-refractivity contribution in [1.29, 1.82) is 0 Å². The summed E-state index contributed by atoms with van der Waals surface area (Å²) in [7, 11) is 0. The van der Waals surface area contributed by atoms with Crippen LogP contribution in [0.25, 0.3) is 10.9 Å². The van der Waals surface area contributed by atoms with Crippen molar-refractivity contribution in [2.24, 2.45) is 5.92 Å². The van der Waals surface area contributed by atoms with Crippen LogP contribution >= 0.6 is 0 Å². The van der Waals surface area contributed by atoms with Gasteiger partial charge in [-0.05, 0) is 50.8 Å². The lowest BCUT2D eigenvalue weighted by molar-refractivity contribution is -0.137. The van der Waals surface area contributed by atoms with Crippen molar-refractivity contribution in [3.05, 3.63) is 36.0 Å². The number of halogens is 3. The average molecular weight is 338 g/mol. The van der Waals surface area contributed by atoms with Crippen LogP contribution in [0.3, 0.4) is 0 Å². The van der Waals surface area contributed by atoms with Gasteiger partial charge in [-0.15, -0.1) is 0 Å². The maximum Gasteiger partial charge on any atom is 0.416 e. The number of hydrogen-bond donors (Lipinski definition) is 1. The van der Waals surface area contributed by atoms with Crippen molar-refractivity contribution in [3.8, 4) is 0 Å². The van der Waals surface area contributed by atoms with Crippen molar-refractivity contribution < 1.29 is 18.3 Å². The predicted molar refractivity (Wildman–Crippen MR) is 88.0 cm³/mol. The highest BCUT2D eigenvalue weighted by atomic mass is 19.4. The third-order valence-corrected chi connectivity index (χ3v) is 4.88. The Kier molecular flexibility index (Phi) is 4.20. The first-order chi connectivity index (χ1) is 11.2. The van der Waals surface area contributed by atoms with E-state index in [0.717, 1.165) is 49.1 Å². The van der Waals surface area contributed by atoms with Crippen molar-refractivity contribution in [1.82, 2.24) is 4.98 Å². The van der Waals surface area contributed by atoms with E-state index in [2.05, 4.69) is 9.88 Å². The summed E-state index contributed by atoms with van der Waals surface area (Å²) in [6, 6.07) is 5.56. The first kappa shape index (κ1) is 17.0. The number of rotatable bonds is 2. The molecule has 0 saturated carbocycles. The van der Waals surface area contributed by atoms with Crippen LogP contribution < -0.4 is 4.90 Å². The minimum Gasteiger partial charge on any atom is -0.390 e. The zero-order valence-electron chi connectivity index (χ0n) is 13.8. The van der Waals surface area contributed by atoms with Crippen LogP contribution in [0.1, 0.15) is 32.3 Å². The summed E-state index contributed by atoms with van der Waals surface area (Å²) < 4.78 is 38.6. The Balaban J connectivity index is 1.88. The zero-order valence-corrected chi connectivity index (χ0v) is 13.8. The summed E-state index contributed by atoms with van der Waals surface area (Å²) in [4.78, 5) is 6.26. The Morgan fingerprint density at radius 3 is 2.38 bits per heavy atom. The van der Waals surface area contributed by atoms with E-state index in [9.17, 15) is 18.3 Å². The Morgan fingerprint density at radius 1 is 1.12 bits per heavy atom. The van der Waals surface area contributed by atoms with E-state index >= 15 is 0 Å². The number of aromatic nitrogens is 1. The minimum atomic E-state index is -4.36. The molecule has 3 rings (SSSR count). The third-order valence-electron chi connectivity index (χ3n) is 4.88. The fraction of sp³-hybridized carbons (Fsp3) is 0.500. The van der Waals surface area contributed by atoms with Crippen molar-refractivity contribution >= 4 is 16.6 Å². The SMILES string of the molecule is CC(C)(O)C1CCN(c2ccnc3cc(C(F)(F)F)ccc23)CC1. The molecule has 3 nitrogen and oxygen atoms in total. The molecule has 1 N–H and O–H groups in total. The summed E-state index contributed by atoms with van der Waals surface area (Å²) in [6.45, 7) is 5.20. The molecule has 0 unspecified atom stereocenters. The number of pyridine rings is 1. The molecule has 2 heterocycles. The van der Waals surface area contributed by atoms with Gasteiger partial charge >= 0.3 is 6.18 Å². The van der Waals surface area contributed by atoms with Gasteiger partial charge < -0.3 is 10.0 Å². The second kappa shape index (κ2) is 5.92. The van der Waals surface area contributed by atoms with Gasteiger partial charge in [-0.3, -0.25) is 4.98 Å². The predicted octanol–water partition coefficient (Wildman–Crippen LogP) is 4.24. The van der Waals surface area contributed by atoms with Gasteiger partial charge in [0.25, 0.3) is 0 Å². The summed E-state index contributed by atoms with van der Waals surface area (Å²) >= 11 is 0. The molecule has 0 spiro atoms. The highest BCUT2D eigenvalue weighted by Crippen LogP contribution is 2.35. The Bertz CT molecular complexity index is 729. The molecule has 0 radical (unpaired) electrons. The van der Waals surface area contributed by atoms with Crippen LogP contribution in [-0.4, -0.2) is 28.8 Å². The van der Waals surface area contributed by atoms with Crippen molar-refractivity contribution in [2.45, 2.75) is 38.5 Å². The summed E-state index contributed by atoms with van der Waals surface area (Å²) in [5.41, 5.74) is -0.121. The van der Waals surface area contributed by atoms with E-state index in [0.29, 0.717) is 5.52 Å². The van der Waals surface area contributed by atoms with E-state index in [-0.39, 0.29) is 5.92 Å². The number of benzene rings is 1. The van der Waals surface area contributed by atoms with E-state index < -0.39 is 17.3 Å². The first-order valence-electron chi connectivity index (χ1n) is 8.09. The van der Waals surface area contributed by atoms with E-state index in [1.54, 1.807) is 6.20 Å². The van der Waals surface area contributed by atoms with Gasteiger partial charge in [0.1, 0.15) is 0 Å². The standard InChI is InChI=1S/C18H21F3N2O/c1-17(2,24)12-6-9-23(10-7-12)16-5-8-22-15-11-13(18(19,20)21)3-4-14(15)16/h3-5,8,11-12,24H,6-7,9-10H2,1-2H3. The molecular weight excluding hydrogens is 317 g/mol.